The molecule has 2 amide bonds. The van der Waals surface area contributed by atoms with Crippen LogP contribution in [0.3, 0.4) is 0 Å². The zero-order valence-electron chi connectivity index (χ0n) is 19.8. The minimum atomic E-state index is -0.223. The molecule has 0 spiro atoms. The van der Waals surface area contributed by atoms with Gasteiger partial charge in [-0.05, 0) is 86.3 Å². The van der Waals surface area contributed by atoms with Gasteiger partial charge in [0.2, 0.25) is 0 Å². The molecule has 1 aliphatic rings. The molecule has 3 aromatic carbocycles. The number of hydrogen-bond donors (Lipinski definition) is 2. The van der Waals surface area contributed by atoms with E-state index in [2.05, 4.69) is 71.9 Å². The van der Waals surface area contributed by atoms with E-state index in [-0.39, 0.29) is 6.03 Å². The SMILES string of the molecule is CN(C)CC1CCc2cc(NC(=O)Nc3cccc(N(C)Cc4ccccc4)c3)ccc2C1. The van der Waals surface area contributed by atoms with Gasteiger partial charge in [-0.15, -0.1) is 0 Å². The number of hydrogen-bond acceptors (Lipinski definition) is 3. The van der Waals surface area contributed by atoms with Crippen molar-refractivity contribution in [3.63, 3.8) is 0 Å². The number of amides is 2. The highest BCUT2D eigenvalue weighted by atomic mass is 16.2. The van der Waals surface area contributed by atoms with Crippen LogP contribution >= 0.6 is 0 Å². The first-order valence-electron chi connectivity index (χ1n) is 11.7. The van der Waals surface area contributed by atoms with Gasteiger partial charge >= 0.3 is 6.03 Å². The number of carbonyl (C=O) groups excluding carboxylic acids is 1. The first-order valence-corrected chi connectivity index (χ1v) is 11.7. The lowest BCUT2D eigenvalue weighted by Gasteiger charge is -2.27. The molecule has 0 bridgehead atoms. The first-order chi connectivity index (χ1) is 16.0. The van der Waals surface area contributed by atoms with Crippen molar-refractivity contribution in [3.8, 4) is 0 Å². The lowest BCUT2D eigenvalue weighted by atomic mass is 9.83. The third-order valence-electron chi connectivity index (χ3n) is 6.23. The summed E-state index contributed by atoms with van der Waals surface area (Å²) in [7, 11) is 6.33. The monoisotopic (exact) mass is 442 g/mol. The van der Waals surface area contributed by atoms with Crippen molar-refractivity contribution in [2.45, 2.75) is 25.8 Å². The van der Waals surface area contributed by atoms with Gasteiger partial charge in [0.05, 0.1) is 0 Å². The Morgan fingerprint density at radius 1 is 0.879 bits per heavy atom. The largest absolute Gasteiger partial charge is 0.370 e. The van der Waals surface area contributed by atoms with Crippen molar-refractivity contribution in [2.75, 3.05) is 43.2 Å². The fourth-order valence-electron chi connectivity index (χ4n) is 4.64. The molecule has 0 aromatic heterocycles. The Morgan fingerprint density at radius 3 is 2.39 bits per heavy atom. The number of fused-ring (bicyclic) bond motifs is 1. The summed E-state index contributed by atoms with van der Waals surface area (Å²) in [5.41, 5.74) is 6.68. The highest BCUT2D eigenvalue weighted by Crippen LogP contribution is 2.28. The Balaban J connectivity index is 1.35. The second-order valence-electron chi connectivity index (χ2n) is 9.33. The second kappa shape index (κ2) is 10.5. The van der Waals surface area contributed by atoms with E-state index in [4.69, 9.17) is 0 Å². The van der Waals surface area contributed by atoms with Crippen LogP contribution in [-0.2, 0) is 19.4 Å². The topological polar surface area (TPSA) is 47.6 Å². The number of aryl methyl sites for hydroxylation is 1. The molecule has 172 valence electrons. The van der Waals surface area contributed by atoms with E-state index < -0.39 is 0 Å². The van der Waals surface area contributed by atoms with Crippen molar-refractivity contribution in [1.82, 2.24) is 4.90 Å². The number of nitrogens with one attached hydrogen (secondary N) is 2. The van der Waals surface area contributed by atoms with E-state index in [1.807, 2.05) is 42.5 Å². The van der Waals surface area contributed by atoms with Crippen molar-refractivity contribution >= 4 is 23.1 Å². The molecule has 4 rings (SSSR count). The van der Waals surface area contributed by atoms with Gasteiger partial charge in [0.15, 0.2) is 0 Å². The number of benzene rings is 3. The molecule has 0 heterocycles. The Bertz CT molecular complexity index is 1080. The van der Waals surface area contributed by atoms with Crippen molar-refractivity contribution in [2.24, 2.45) is 5.92 Å². The Morgan fingerprint density at radius 2 is 1.64 bits per heavy atom. The molecule has 1 unspecified atom stereocenters. The third-order valence-corrected chi connectivity index (χ3v) is 6.23. The van der Waals surface area contributed by atoms with E-state index in [1.54, 1.807) is 0 Å². The van der Waals surface area contributed by atoms with Gasteiger partial charge in [0.25, 0.3) is 0 Å². The van der Waals surface area contributed by atoms with Crippen LogP contribution in [0.5, 0.6) is 0 Å². The lowest BCUT2D eigenvalue weighted by Crippen LogP contribution is -2.26. The van der Waals surface area contributed by atoms with Crippen LogP contribution in [0.15, 0.2) is 72.8 Å². The van der Waals surface area contributed by atoms with Crippen molar-refractivity contribution in [1.29, 1.82) is 0 Å². The van der Waals surface area contributed by atoms with Gasteiger partial charge in [0.1, 0.15) is 0 Å². The lowest BCUT2D eigenvalue weighted by molar-refractivity contribution is 0.262. The fourth-order valence-corrected chi connectivity index (χ4v) is 4.64. The van der Waals surface area contributed by atoms with Gasteiger partial charge in [-0.2, -0.15) is 0 Å². The average Bonchev–Trinajstić information content (AvgIpc) is 2.79. The van der Waals surface area contributed by atoms with E-state index in [0.717, 1.165) is 43.0 Å². The standard InChI is InChI=1S/C28H34N4O/c1-31(2)19-22-12-13-24-17-26(15-14-23(24)16-22)30-28(33)29-25-10-7-11-27(18-25)32(3)20-21-8-5-4-6-9-21/h4-11,14-15,17-18,22H,12-13,16,19-20H2,1-3H3,(H2,29,30,33). The maximum atomic E-state index is 12.7. The van der Waals surface area contributed by atoms with Crippen LogP contribution in [0, 0.1) is 5.92 Å². The van der Waals surface area contributed by atoms with E-state index >= 15 is 0 Å². The minimum absolute atomic E-state index is 0.223. The number of urea groups is 1. The van der Waals surface area contributed by atoms with E-state index in [0.29, 0.717) is 5.92 Å². The molecule has 0 radical (unpaired) electrons. The normalized spacial score (nSPS) is 15.1. The average molecular weight is 443 g/mol. The van der Waals surface area contributed by atoms with Crippen LogP contribution in [0.1, 0.15) is 23.1 Å². The highest BCUT2D eigenvalue weighted by Gasteiger charge is 2.19. The number of nitrogens with zero attached hydrogens (tertiary/aromatic N) is 2. The number of rotatable bonds is 7. The van der Waals surface area contributed by atoms with E-state index in [9.17, 15) is 4.79 Å². The predicted molar refractivity (Wildman–Crippen MR) is 138 cm³/mol. The zero-order valence-corrected chi connectivity index (χ0v) is 19.8. The van der Waals surface area contributed by atoms with Crippen LogP contribution in [0.4, 0.5) is 21.9 Å². The molecule has 0 saturated heterocycles. The summed E-state index contributed by atoms with van der Waals surface area (Å²) >= 11 is 0. The van der Waals surface area contributed by atoms with Crippen LogP contribution in [0.2, 0.25) is 0 Å². The number of carbonyl (C=O) groups is 1. The number of anilines is 3. The summed E-state index contributed by atoms with van der Waals surface area (Å²) in [6.45, 7) is 1.93. The molecule has 0 fully saturated rings. The molecule has 5 heteroatoms. The molecular formula is C28H34N4O. The quantitative estimate of drug-likeness (QED) is 0.498. The van der Waals surface area contributed by atoms with Crippen LogP contribution < -0.4 is 15.5 Å². The predicted octanol–water partition coefficient (Wildman–Crippen LogP) is 5.63. The molecule has 5 nitrogen and oxygen atoms in total. The maximum Gasteiger partial charge on any atom is 0.323 e. The van der Waals surface area contributed by atoms with Crippen LogP contribution in [0.25, 0.3) is 0 Å². The molecule has 0 aliphatic heterocycles. The molecule has 3 aromatic rings. The van der Waals surface area contributed by atoms with Crippen molar-refractivity contribution in [3.05, 3.63) is 89.5 Å². The molecule has 0 saturated carbocycles. The Labute approximate surface area is 197 Å². The first kappa shape index (κ1) is 22.9. The Kier molecular flexibility index (Phi) is 7.30. The van der Waals surface area contributed by atoms with E-state index in [1.165, 1.54) is 23.1 Å². The van der Waals surface area contributed by atoms with Crippen LogP contribution in [-0.4, -0.2) is 38.6 Å². The van der Waals surface area contributed by atoms with Gasteiger partial charge in [-0.1, -0.05) is 42.5 Å². The molecule has 33 heavy (non-hydrogen) atoms. The molecule has 1 aliphatic carbocycles. The zero-order chi connectivity index (χ0) is 23.2. The molecule has 1 atom stereocenters. The highest BCUT2D eigenvalue weighted by molar-refractivity contribution is 6.00. The third kappa shape index (κ3) is 6.36. The molecule has 2 N–H and O–H groups in total. The summed E-state index contributed by atoms with van der Waals surface area (Å²) < 4.78 is 0. The summed E-state index contributed by atoms with van der Waals surface area (Å²) in [6.07, 6.45) is 3.38. The van der Waals surface area contributed by atoms with Crippen molar-refractivity contribution < 1.29 is 4.79 Å². The van der Waals surface area contributed by atoms with Gasteiger partial charge in [-0.25, -0.2) is 4.79 Å². The summed E-state index contributed by atoms with van der Waals surface area (Å²) in [6, 6.07) is 24.4. The maximum absolute atomic E-state index is 12.7. The molecular weight excluding hydrogens is 408 g/mol. The summed E-state index contributed by atoms with van der Waals surface area (Å²) in [4.78, 5) is 17.1. The summed E-state index contributed by atoms with van der Waals surface area (Å²) in [5.74, 6) is 0.710. The second-order valence-corrected chi connectivity index (χ2v) is 9.33. The summed E-state index contributed by atoms with van der Waals surface area (Å²) in [5, 5.41) is 5.98. The minimum Gasteiger partial charge on any atom is -0.370 e. The Hall–Kier alpha value is -3.31. The van der Waals surface area contributed by atoms with Gasteiger partial charge < -0.3 is 20.4 Å². The van der Waals surface area contributed by atoms with Gasteiger partial charge in [-0.3, -0.25) is 0 Å². The van der Waals surface area contributed by atoms with Gasteiger partial charge in [0, 0.05) is 37.2 Å². The fraction of sp³-hybridized carbons (Fsp3) is 0.321. The smallest absolute Gasteiger partial charge is 0.323 e.